The van der Waals surface area contributed by atoms with Gasteiger partial charge in [-0.25, -0.2) is 14.8 Å². The second kappa shape index (κ2) is 8.29. The van der Waals surface area contributed by atoms with Crippen LogP contribution in [0.25, 0.3) is 11.1 Å². The van der Waals surface area contributed by atoms with Crippen molar-refractivity contribution in [1.82, 2.24) is 14.9 Å². The second-order valence-electron chi connectivity index (χ2n) is 6.34. The van der Waals surface area contributed by atoms with E-state index >= 15 is 0 Å². The molecule has 0 saturated carbocycles. The van der Waals surface area contributed by atoms with Gasteiger partial charge in [0.2, 0.25) is 5.71 Å². The number of rotatable bonds is 7. The van der Waals surface area contributed by atoms with Gasteiger partial charge < -0.3 is 19.4 Å². The van der Waals surface area contributed by atoms with E-state index in [9.17, 15) is 4.79 Å². The van der Waals surface area contributed by atoms with Crippen molar-refractivity contribution in [1.29, 1.82) is 0 Å². The third-order valence-electron chi connectivity index (χ3n) is 4.54. The fourth-order valence-electron chi connectivity index (χ4n) is 3.32. The molecule has 3 heterocycles. The molecule has 0 aromatic carbocycles. The number of carbonyl (C=O) groups is 1. The van der Waals surface area contributed by atoms with Crippen LogP contribution in [0.15, 0.2) is 10.7 Å². The smallest absolute Gasteiger partial charge is 0.342 e. The molecule has 0 unspecified atom stereocenters. The monoisotopic (exact) mass is 346 g/mol. The average Bonchev–Trinajstić information content (AvgIpc) is 2.96. The standard InChI is InChI=1S/C18H26N4O3/c1-3-24-18(23)14-13(2)25-17-15(14)16(20-12-21-17)19-8-7-11-22-9-5-4-6-10-22/h12H,3-11H2,1-2H3,(H,19,20,21). The first-order chi connectivity index (χ1) is 12.2. The van der Waals surface area contributed by atoms with Crippen LogP contribution in [-0.2, 0) is 4.74 Å². The van der Waals surface area contributed by atoms with Crippen molar-refractivity contribution in [3.05, 3.63) is 17.7 Å². The summed E-state index contributed by atoms with van der Waals surface area (Å²) >= 11 is 0. The summed E-state index contributed by atoms with van der Waals surface area (Å²) in [6, 6.07) is 0. The van der Waals surface area contributed by atoms with E-state index in [0.29, 0.717) is 34.8 Å². The predicted molar refractivity (Wildman–Crippen MR) is 95.9 cm³/mol. The molecule has 1 aliphatic heterocycles. The zero-order valence-corrected chi connectivity index (χ0v) is 15.0. The Hall–Kier alpha value is -2.15. The molecule has 0 bridgehead atoms. The number of fused-ring (bicyclic) bond motifs is 1. The lowest BCUT2D eigenvalue weighted by molar-refractivity contribution is 0.0526. The molecule has 0 spiro atoms. The first-order valence-electron chi connectivity index (χ1n) is 9.08. The summed E-state index contributed by atoms with van der Waals surface area (Å²) in [6.45, 7) is 8.11. The van der Waals surface area contributed by atoms with Crippen molar-refractivity contribution in [3.8, 4) is 0 Å². The minimum absolute atomic E-state index is 0.317. The molecule has 0 amide bonds. The van der Waals surface area contributed by atoms with Crippen LogP contribution >= 0.6 is 0 Å². The molecular formula is C18H26N4O3. The van der Waals surface area contributed by atoms with Gasteiger partial charge in [-0.15, -0.1) is 0 Å². The number of aromatic nitrogens is 2. The molecule has 0 aliphatic carbocycles. The number of esters is 1. The normalized spacial score (nSPS) is 15.4. The number of aryl methyl sites for hydroxylation is 1. The van der Waals surface area contributed by atoms with E-state index in [2.05, 4.69) is 20.2 Å². The number of hydrogen-bond donors (Lipinski definition) is 1. The summed E-state index contributed by atoms with van der Waals surface area (Å²) in [4.78, 5) is 23.2. The first-order valence-corrected chi connectivity index (χ1v) is 9.08. The Morgan fingerprint density at radius 3 is 2.88 bits per heavy atom. The number of carbonyl (C=O) groups excluding carboxylic acids is 1. The van der Waals surface area contributed by atoms with Gasteiger partial charge in [-0.05, 0) is 52.7 Å². The van der Waals surface area contributed by atoms with Crippen molar-refractivity contribution in [2.24, 2.45) is 0 Å². The Kier molecular flexibility index (Phi) is 5.86. The first kappa shape index (κ1) is 17.7. The van der Waals surface area contributed by atoms with E-state index in [4.69, 9.17) is 9.15 Å². The van der Waals surface area contributed by atoms with Gasteiger partial charge in [0.15, 0.2) is 0 Å². The lowest BCUT2D eigenvalue weighted by Gasteiger charge is -2.26. The fraction of sp³-hybridized carbons (Fsp3) is 0.611. The van der Waals surface area contributed by atoms with E-state index in [1.54, 1.807) is 13.8 Å². The van der Waals surface area contributed by atoms with Gasteiger partial charge in [-0.1, -0.05) is 6.42 Å². The highest BCUT2D eigenvalue weighted by Crippen LogP contribution is 2.29. The minimum Gasteiger partial charge on any atom is -0.462 e. The Balaban J connectivity index is 1.69. The Morgan fingerprint density at radius 2 is 2.12 bits per heavy atom. The fourth-order valence-corrected chi connectivity index (χ4v) is 3.32. The number of ether oxygens (including phenoxy) is 1. The maximum absolute atomic E-state index is 12.3. The SMILES string of the molecule is CCOC(=O)c1c(C)oc2ncnc(NCCCN3CCCCC3)c12. The molecule has 25 heavy (non-hydrogen) atoms. The summed E-state index contributed by atoms with van der Waals surface area (Å²) in [7, 11) is 0. The summed E-state index contributed by atoms with van der Waals surface area (Å²) < 4.78 is 10.8. The van der Waals surface area contributed by atoms with Crippen LogP contribution in [0.3, 0.4) is 0 Å². The number of likely N-dealkylation sites (tertiary alicyclic amines) is 1. The molecule has 3 rings (SSSR count). The summed E-state index contributed by atoms with van der Waals surface area (Å²) in [5.41, 5.74) is 0.824. The zero-order chi connectivity index (χ0) is 17.6. The van der Waals surface area contributed by atoms with Crippen LogP contribution in [0, 0.1) is 6.92 Å². The molecule has 7 nitrogen and oxygen atoms in total. The molecule has 2 aromatic rings. The molecule has 1 aliphatic rings. The van der Waals surface area contributed by atoms with Crippen LogP contribution in [0.2, 0.25) is 0 Å². The van der Waals surface area contributed by atoms with Crippen LogP contribution in [0.1, 0.15) is 48.7 Å². The molecule has 136 valence electrons. The second-order valence-corrected chi connectivity index (χ2v) is 6.34. The van der Waals surface area contributed by atoms with Crippen molar-refractivity contribution < 1.29 is 13.9 Å². The van der Waals surface area contributed by atoms with E-state index in [-0.39, 0.29) is 0 Å². The van der Waals surface area contributed by atoms with Gasteiger partial charge in [-0.3, -0.25) is 0 Å². The van der Waals surface area contributed by atoms with Crippen molar-refractivity contribution in [2.75, 3.05) is 38.1 Å². The van der Waals surface area contributed by atoms with Crippen molar-refractivity contribution >= 4 is 22.9 Å². The Bertz CT molecular complexity index is 722. The van der Waals surface area contributed by atoms with Crippen molar-refractivity contribution in [2.45, 2.75) is 39.5 Å². The van der Waals surface area contributed by atoms with E-state index in [1.165, 1.54) is 38.7 Å². The lowest BCUT2D eigenvalue weighted by Crippen LogP contribution is -2.31. The highest BCUT2D eigenvalue weighted by atomic mass is 16.5. The molecule has 0 radical (unpaired) electrons. The molecule has 2 aromatic heterocycles. The molecule has 1 fully saturated rings. The van der Waals surface area contributed by atoms with Gasteiger partial charge in [0.25, 0.3) is 0 Å². The van der Waals surface area contributed by atoms with Crippen LogP contribution in [0.4, 0.5) is 5.82 Å². The quantitative estimate of drug-likeness (QED) is 0.610. The van der Waals surface area contributed by atoms with E-state index < -0.39 is 5.97 Å². The van der Waals surface area contributed by atoms with Gasteiger partial charge in [-0.2, -0.15) is 0 Å². The van der Waals surface area contributed by atoms with E-state index in [0.717, 1.165) is 19.5 Å². The van der Waals surface area contributed by atoms with Gasteiger partial charge >= 0.3 is 5.97 Å². The topological polar surface area (TPSA) is 80.5 Å². The van der Waals surface area contributed by atoms with Crippen LogP contribution < -0.4 is 5.32 Å². The van der Waals surface area contributed by atoms with Gasteiger partial charge in [0.05, 0.1) is 12.0 Å². The number of hydrogen-bond acceptors (Lipinski definition) is 7. The van der Waals surface area contributed by atoms with E-state index in [1.807, 2.05) is 0 Å². The highest BCUT2D eigenvalue weighted by molar-refractivity contribution is 6.07. The predicted octanol–water partition coefficient (Wildman–Crippen LogP) is 3.00. The van der Waals surface area contributed by atoms with Crippen LogP contribution in [-0.4, -0.2) is 53.6 Å². The number of piperidine rings is 1. The molecule has 7 heteroatoms. The maximum atomic E-state index is 12.3. The minimum atomic E-state index is -0.398. The van der Waals surface area contributed by atoms with Crippen molar-refractivity contribution in [3.63, 3.8) is 0 Å². The number of furan rings is 1. The summed E-state index contributed by atoms with van der Waals surface area (Å²) in [5.74, 6) is 0.735. The number of nitrogens with one attached hydrogen (secondary N) is 1. The molecule has 1 saturated heterocycles. The Morgan fingerprint density at radius 1 is 1.32 bits per heavy atom. The highest BCUT2D eigenvalue weighted by Gasteiger charge is 2.23. The van der Waals surface area contributed by atoms with Gasteiger partial charge in [0.1, 0.15) is 23.5 Å². The van der Waals surface area contributed by atoms with Crippen LogP contribution in [0.5, 0.6) is 0 Å². The molecule has 1 N–H and O–H groups in total. The molecular weight excluding hydrogens is 320 g/mol. The lowest BCUT2D eigenvalue weighted by atomic mass is 10.1. The number of anilines is 1. The third-order valence-corrected chi connectivity index (χ3v) is 4.54. The molecule has 0 atom stereocenters. The maximum Gasteiger partial charge on any atom is 0.342 e. The summed E-state index contributed by atoms with van der Waals surface area (Å²) in [5, 5.41) is 3.94. The number of nitrogens with zero attached hydrogens (tertiary/aromatic N) is 3. The third kappa shape index (κ3) is 4.10. The Labute approximate surface area is 147 Å². The summed E-state index contributed by atoms with van der Waals surface area (Å²) in [6.07, 6.45) is 6.43. The van der Waals surface area contributed by atoms with Gasteiger partial charge in [0, 0.05) is 6.54 Å². The average molecular weight is 346 g/mol. The largest absolute Gasteiger partial charge is 0.462 e. The zero-order valence-electron chi connectivity index (χ0n) is 15.0.